The van der Waals surface area contributed by atoms with Crippen molar-refractivity contribution in [2.45, 2.75) is 6.42 Å². The Labute approximate surface area is 325 Å². The maximum Gasteiger partial charge on any atom is 0.131 e. The molecular weight excluding hydrogens is 681 g/mol. The lowest BCUT2D eigenvalue weighted by Crippen LogP contribution is -2.13. The number of fused-ring (bicyclic) bond motifs is 6. The molecule has 0 amide bonds. The Bertz CT molecular complexity index is 2850. The highest BCUT2D eigenvalue weighted by Crippen LogP contribution is 2.38. The van der Waals surface area contributed by atoms with Crippen LogP contribution in [0.5, 0.6) is 0 Å². The Morgan fingerprint density at radius 2 is 0.857 bits per heavy atom. The van der Waals surface area contributed by atoms with E-state index in [-0.39, 0.29) is 0 Å². The molecule has 0 spiro atoms. The lowest BCUT2D eigenvalue weighted by atomic mass is 10.0. The number of amidine groups is 1. The van der Waals surface area contributed by atoms with Crippen molar-refractivity contribution in [2.75, 3.05) is 0 Å². The largest absolute Gasteiger partial charge is 0.383 e. The summed E-state index contributed by atoms with van der Waals surface area (Å²) in [6.45, 7) is 0. The van der Waals surface area contributed by atoms with Crippen LogP contribution >= 0.6 is 0 Å². The van der Waals surface area contributed by atoms with E-state index in [0.29, 0.717) is 5.84 Å². The lowest BCUT2D eigenvalue weighted by molar-refractivity contribution is 1.13. The quantitative estimate of drug-likeness (QED) is 0.123. The highest BCUT2D eigenvalue weighted by Gasteiger charge is 2.17. The van der Waals surface area contributed by atoms with E-state index >= 15 is 0 Å². The standard InChI is InChI=1S/C52H38N4/c53-52(39-17-5-2-6-18-39)54-47(32-27-36-15-3-1-4-16-36)38-30-28-37(29-31-38)40-33-41(55-48-23-11-7-19-43(48)44-20-8-12-24-49(44)55)35-42(34-40)56-50-25-13-9-21-45(50)46-22-10-14-26-51(46)56/h1-26,28-35H,27H2,(H2,53,54)/b47-32-. The number of rotatable bonds is 8. The fourth-order valence-corrected chi connectivity index (χ4v) is 8.11. The first-order valence-electron chi connectivity index (χ1n) is 19.1. The molecule has 0 bridgehead atoms. The van der Waals surface area contributed by atoms with Gasteiger partial charge in [-0.2, -0.15) is 0 Å². The van der Waals surface area contributed by atoms with E-state index in [4.69, 9.17) is 10.7 Å². The number of nitrogens with two attached hydrogens (primary N) is 1. The van der Waals surface area contributed by atoms with E-state index in [1.54, 1.807) is 0 Å². The van der Waals surface area contributed by atoms with E-state index in [2.05, 4.69) is 179 Å². The summed E-state index contributed by atoms with van der Waals surface area (Å²) in [6, 6.07) is 71.0. The van der Waals surface area contributed by atoms with Crippen LogP contribution in [0.4, 0.5) is 0 Å². The zero-order valence-electron chi connectivity index (χ0n) is 30.8. The van der Waals surface area contributed by atoms with Gasteiger partial charge in [0.25, 0.3) is 0 Å². The summed E-state index contributed by atoms with van der Waals surface area (Å²) in [5.74, 6) is 0.490. The minimum Gasteiger partial charge on any atom is -0.383 e. The zero-order valence-corrected chi connectivity index (χ0v) is 30.8. The van der Waals surface area contributed by atoms with Crippen LogP contribution in [0.3, 0.4) is 0 Å². The Morgan fingerprint density at radius 3 is 1.34 bits per heavy atom. The van der Waals surface area contributed by atoms with Crippen LogP contribution in [0, 0.1) is 0 Å². The van der Waals surface area contributed by atoms with Crippen molar-refractivity contribution in [2.24, 2.45) is 10.7 Å². The molecule has 0 unspecified atom stereocenters. The number of hydrogen-bond donors (Lipinski definition) is 1. The number of benzene rings is 8. The number of aliphatic imine (C=N–C) groups is 1. The van der Waals surface area contributed by atoms with Gasteiger partial charge in [0.1, 0.15) is 5.84 Å². The second kappa shape index (κ2) is 14.1. The molecule has 0 aliphatic rings. The van der Waals surface area contributed by atoms with E-state index in [9.17, 15) is 0 Å². The van der Waals surface area contributed by atoms with Gasteiger partial charge in [-0.15, -0.1) is 0 Å². The van der Waals surface area contributed by atoms with Gasteiger partial charge in [-0.05, 0) is 71.1 Å². The van der Waals surface area contributed by atoms with Gasteiger partial charge in [-0.25, -0.2) is 4.99 Å². The van der Waals surface area contributed by atoms with Crippen molar-refractivity contribution in [3.05, 3.63) is 223 Å². The summed E-state index contributed by atoms with van der Waals surface area (Å²) in [6.07, 6.45) is 2.91. The fourth-order valence-electron chi connectivity index (χ4n) is 8.11. The molecule has 4 nitrogen and oxygen atoms in total. The van der Waals surface area contributed by atoms with Gasteiger partial charge >= 0.3 is 0 Å². The first-order chi connectivity index (χ1) is 27.7. The molecule has 10 aromatic rings. The van der Waals surface area contributed by atoms with E-state index in [0.717, 1.165) is 45.7 Å². The second-order valence-electron chi connectivity index (χ2n) is 14.2. The molecule has 2 N–H and O–H groups in total. The SMILES string of the molecule is NC(=N/C(=C\Cc1ccccc1)c1ccc(-c2cc(-n3c4ccccc4c4ccccc43)cc(-n3c4ccccc4c4ccccc43)c2)cc1)c1ccccc1. The molecule has 56 heavy (non-hydrogen) atoms. The van der Waals surface area contributed by atoms with Crippen molar-refractivity contribution >= 4 is 55.1 Å². The smallest absolute Gasteiger partial charge is 0.131 e. The van der Waals surface area contributed by atoms with Gasteiger partial charge in [-0.1, -0.05) is 164 Å². The number of para-hydroxylation sites is 4. The van der Waals surface area contributed by atoms with Crippen molar-refractivity contribution in [3.63, 3.8) is 0 Å². The minimum atomic E-state index is 0.490. The number of aromatic nitrogens is 2. The molecule has 0 aliphatic heterocycles. The predicted octanol–water partition coefficient (Wildman–Crippen LogP) is 12.5. The van der Waals surface area contributed by atoms with Gasteiger partial charge in [0.15, 0.2) is 0 Å². The molecule has 0 radical (unpaired) electrons. The van der Waals surface area contributed by atoms with E-state index in [1.165, 1.54) is 49.2 Å². The first-order valence-corrected chi connectivity index (χ1v) is 19.1. The summed E-state index contributed by atoms with van der Waals surface area (Å²) in [5, 5.41) is 4.95. The third kappa shape index (κ3) is 5.94. The molecule has 0 saturated heterocycles. The van der Waals surface area contributed by atoms with Gasteiger partial charge < -0.3 is 14.9 Å². The van der Waals surface area contributed by atoms with Crippen molar-refractivity contribution in [1.29, 1.82) is 0 Å². The molecule has 0 aliphatic carbocycles. The van der Waals surface area contributed by atoms with Gasteiger partial charge in [0, 0.05) is 38.5 Å². The molecule has 0 saturated carbocycles. The number of allylic oxidation sites excluding steroid dienone is 1. The van der Waals surface area contributed by atoms with Crippen LogP contribution in [0.1, 0.15) is 16.7 Å². The normalized spacial score (nSPS) is 12.3. The third-order valence-corrected chi connectivity index (χ3v) is 10.8. The van der Waals surface area contributed by atoms with Gasteiger partial charge in [0.05, 0.1) is 27.8 Å². The molecule has 8 aromatic carbocycles. The molecule has 0 atom stereocenters. The lowest BCUT2D eigenvalue weighted by Gasteiger charge is -2.16. The van der Waals surface area contributed by atoms with Crippen LogP contribution in [0.2, 0.25) is 0 Å². The van der Waals surface area contributed by atoms with Crippen LogP contribution in [0.15, 0.2) is 211 Å². The Kier molecular flexibility index (Phi) is 8.34. The summed E-state index contributed by atoms with van der Waals surface area (Å²) in [4.78, 5) is 4.99. The fraction of sp³-hybridized carbons (Fsp3) is 0.0192. The maximum atomic E-state index is 6.61. The van der Waals surface area contributed by atoms with Crippen molar-refractivity contribution < 1.29 is 0 Å². The molecule has 10 rings (SSSR count). The molecule has 266 valence electrons. The first kappa shape index (κ1) is 33.2. The molecule has 0 fully saturated rings. The monoisotopic (exact) mass is 718 g/mol. The number of hydrogen-bond acceptors (Lipinski definition) is 1. The Hall–Kier alpha value is -7.43. The molecule has 2 heterocycles. The predicted molar refractivity (Wildman–Crippen MR) is 236 cm³/mol. The average Bonchev–Trinajstić information content (AvgIpc) is 3.79. The zero-order chi connectivity index (χ0) is 37.4. The van der Waals surface area contributed by atoms with Crippen LogP contribution in [-0.2, 0) is 6.42 Å². The van der Waals surface area contributed by atoms with E-state index < -0.39 is 0 Å². The summed E-state index contributed by atoms with van der Waals surface area (Å²) >= 11 is 0. The summed E-state index contributed by atoms with van der Waals surface area (Å²) < 4.78 is 4.82. The van der Waals surface area contributed by atoms with E-state index in [1.807, 2.05) is 36.4 Å². The van der Waals surface area contributed by atoms with Crippen molar-refractivity contribution in [3.8, 4) is 22.5 Å². The summed E-state index contributed by atoms with van der Waals surface area (Å²) in [7, 11) is 0. The topological polar surface area (TPSA) is 48.2 Å². The molecule has 4 heteroatoms. The third-order valence-electron chi connectivity index (χ3n) is 10.8. The van der Waals surface area contributed by atoms with Gasteiger partial charge in [0.2, 0.25) is 0 Å². The maximum absolute atomic E-state index is 6.61. The van der Waals surface area contributed by atoms with Crippen LogP contribution < -0.4 is 5.73 Å². The summed E-state index contributed by atoms with van der Waals surface area (Å²) in [5.41, 5.74) is 19.7. The highest BCUT2D eigenvalue weighted by molar-refractivity contribution is 6.10. The molecular formula is C52H38N4. The highest BCUT2D eigenvalue weighted by atomic mass is 15.0. The van der Waals surface area contributed by atoms with Crippen molar-refractivity contribution in [1.82, 2.24) is 9.13 Å². The minimum absolute atomic E-state index is 0.490. The Morgan fingerprint density at radius 1 is 0.429 bits per heavy atom. The second-order valence-corrected chi connectivity index (χ2v) is 14.2. The van der Waals surface area contributed by atoms with Gasteiger partial charge in [-0.3, -0.25) is 0 Å². The van der Waals surface area contributed by atoms with Crippen LogP contribution in [0.25, 0.3) is 71.8 Å². The molecule has 2 aromatic heterocycles. The van der Waals surface area contributed by atoms with Crippen LogP contribution in [-0.4, -0.2) is 15.0 Å². The average molecular weight is 719 g/mol. The Balaban J connectivity index is 1.15. The number of nitrogens with zero attached hydrogens (tertiary/aromatic N) is 3.